The van der Waals surface area contributed by atoms with E-state index in [1.807, 2.05) is 12.3 Å². The second kappa shape index (κ2) is 6.78. The van der Waals surface area contributed by atoms with Crippen molar-refractivity contribution < 1.29 is 14.3 Å². The molecule has 1 saturated heterocycles. The van der Waals surface area contributed by atoms with E-state index in [0.717, 1.165) is 22.8 Å². The van der Waals surface area contributed by atoms with E-state index < -0.39 is 0 Å². The molecule has 1 fully saturated rings. The molecule has 0 spiro atoms. The van der Waals surface area contributed by atoms with Crippen LogP contribution in [-0.2, 0) is 11.2 Å². The topological polar surface area (TPSA) is 71.0 Å². The summed E-state index contributed by atoms with van der Waals surface area (Å²) >= 11 is 8.59. The summed E-state index contributed by atoms with van der Waals surface area (Å²) in [5.41, 5.74) is 1.22. The van der Waals surface area contributed by atoms with Gasteiger partial charge in [0.2, 0.25) is 0 Å². The number of aliphatic imine (C=N–C) groups is 1. The SMILES string of the molecule is O=C(NC[C@H]1CN(c2cc3c(s2)C=NCC3)C(=O)O1)c1ccc(Cl)s1. The number of nitrogens with zero attached hydrogens (tertiary/aromatic N) is 2. The number of amides is 2. The van der Waals surface area contributed by atoms with Crippen LogP contribution in [0.3, 0.4) is 0 Å². The smallest absolute Gasteiger partial charge is 0.415 e. The van der Waals surface area contributed by atoms with Crippen molar-refractivity contribution in [1.82, 2.24) is 5.32 Å². The van der Waals surface area contributed by atoms with Crippen molar-refractivity contribution in [3.8, 4) is 0 Å². The van der Waals surface area contributed by atoms with E-state index in [9.17, 15) is 9.59 Å². The van der Waals surface area contributed by atoms with Crippen molar-refractivity contribution in [2.24, 2.45) is 4.99 Å². The molecule has 2 aromatic rings. The number of rotatable bonds is 4. The predicted octanol–water partition coefficient (Wildman–Crippen LogP) is 3.19. The predicted molar refractivity (Wildman–Crippen MR) is 99.8 cm³/mol. The van der Waals surface area contributed by atoms with Gasteiger partial charge in [-0.15, -0.1) is 22.7 Å². The molecule has 4 rings (SSSR count). The van der Waals surface area contributed by atoms with Gasteiger partial charge in [0.25, 0.3) is 5.91 Å². The molecule has 2 aliphatic heterocycles. The van der Waals surface area contributed by atoms with Gasteiger partial charge in [0.15, 0.2) is 0 Å². The minimum Gasteiger partial charge on any atom is -0.442 e. The van der Waals surface area contributed by atoms with Crippen LogP contribution in [0.5, 0.6) is 0 Å². The molecule has 2 amide bonds. The van der Waals surface area contributed by atoms with E-state index in [1.54, 1.807) is 17.0 Å². The molecular weight excluding hydrogens is 382 g/mol. The summed E-state index contributed by atoms with van der Waals surface area (Å²) in [4.78, 5) is 31.7. The zero-order chi connectivity index (χ0) is 17.4. The molecule has 25 heavy (non-hydrogen) atoms. The molecule has 2 aromatic heterocycles. The molecule has 6 nitrogen and oxygen atoms in total. The highest BCUT2D eigenvalue weighted by Gasteiger charge is 2.34. The van der Waals surface area contributed by atoms with Crippen LogP contribution in [0.4, 0.5) is 9.80 Å². The van der Waals surface area contributed by atoms with E-state index in [1.165, 1.54) is 28.2 Å². The van der Waals surface area contributed by atoms with Gasteiger partial charge in [-0.1, -0.05) is 11.6 Å². The number of hydrogen-bond acceptors (Lipinski definition) is 6. The quantitative estimate of drug-likeness (QED) is 0.864. The van der Waals surface area contributed by atoms with Crippen molar-refractivity contribution in [1.29, 1.82) is 0 Å². The van der Waals surface area contributed by atoms with E-state index in [4.69, 9.17) is 16.3 Å². The highest BCUT2D eigenvalue weighted by molar-refractivity contribution is 7.18. The number of anilines is 1. The third-order valence-corrected chi connectivity index (χ3v) is 6.34. The number of ether oxygens (including phenoxy) is 1. The molecule has 9 heteroatoms. The maximum absolute atomic E-state index is 12.2. The Bertz CT molecular complexity index is 861. The highest BCUT2D eigenvalue weighted by atomic mass is 35.5. The highest BCUT2D eigenvalue weighted by Crippen LogP contribution is 2.33. The standard InChI is InChI=1S/C16H14ClN3O3S2/c17-13-2-1-11(24-13)15(21)19-6-10-8-20(16(22)23-10)14-5-9-3-4-18-7-12(9)25-14/h1-2,5,7,10H,3-4,6,8H2,(H,19,21)/t10-/m0/s1. The Hall–Kier alpha value is -1.90. The molecule has 0 aliphatic carbocycles. The molecular formula is C16H14ClN3O3S2. The summed E-state index contributed by atoms with van der Waals surface area (Å²) in [5, 5.41) is 3.65. The summed E-state index contributed by atoms with van der Waals surface area (Å²) in [6, 6.07) is 5.38. The van der Waals surface area contributed by atoms with Crippen LogP contribution in [-0.4, -0.2) is 44.0 Å². The van der Waals surface area contributed by atoms with Gasteiger partial charge in [-0.3, -0.25) is 14.7 Å². The van der Waals surface area contributed by atoms with Gasteiger partial charge >= 0.3 is 6.09 Å². The molecule has 1 atom stereocenters. The fourth-order valence-electron chi connectivity index (χ4n) is 2.74. The Kier molecular flexibility index (Phi) is 4.49. The van der Waals surface area contributed by atoms with Gasteiger partial charge in [-0.25, -0.2) is 4.79 Å². The van der Waals surface area contributed by atoms with Gasteiger partial charge in [0.1, 0.15) is 11.1 Å². The third kappa shape index (κ3) is 3.42. The number of nitrogens with one attached hydrogen (secondary N) is 1. The summed E-state index contributed by atoms with van der Waals surface area (Å²) in [6.45, 7) is 1.47. The fraction of sp³-hybridized carbons (Fsp3) is 0.312. The zero-order valence-corrected chi connectivity index (χ0v) is 15.4. The molecule has 0 radical (unpaired) electrons. The van der Waals surface area contributed by atoms with Gasteiger partial charge < -0.3 is 10.1 Å². The number of fused-ring (bicyclic) bond motifs is 1. The fourth-order valence-corrected chi connectivity index (χ4v) is 4.80. The molecule has 2 aliphatic rings. The normalized spacial score (nSPS) is 19.0. The lowest BCUT2D eigenvalue weighted by Crippen LogP contribution is -2.34. The van der Waals surface area contributed by atoms with Crippen molar-refractivity contribution in [3.63, 3.8) is 0 Å². The van der Waals surface area contributed by atoms with Crippen LogP contribution < -0.4 is 10.2 Å². The van der Waals surface area contributed by atoms with Crippen LogP contribution in [0, 0.1) is 0 Å². The number of halogens is 1. The van der Waals surface area contributed by atoms with Gasteiger partial charge in [0.05, 0.1) is 27.2 Å². The van der Waals surface area contributed by atoms with Gasteiger partial charge in [-0.05, 0) is 30.2 Å². The minimum absolute atomic E-state index is 0.214. The first-order chi connectivity index (χ1) is 12.1. The number of carbonyl (C=O) groups excluding carboxylic acids is 2. The maximum atomic E-state index is 12.2. The van der Waals surface area contributed by atoms with Crippen LogP contribution in [0.25, 0.3) is 0 Å². The van der Waals surface area contributed by atoms with Crippen molar-refractivity contribution >= 4 is 57.5 Å². The first-order valence-corrected chi connectivity index (χ1v) is 9.75. The Morgan fingerprint density at radius 1 is 1.44 bits per heavy atom. The van der Waals surface area contributed by atoms with E-state index >= 15 is 0 Å². The number of carbonyl (C=O) groups is 2. The largest absolute Gasteiger partial charge is 0.442 e. The third-order valence-electron chi connectivity index (χ3n) is 3.97. The number of cyclic esters (lactones) is 1. The van der Waals surface area contributed by atoms with Crippen LogP contribution >= 0.6 is 34.3 Å². The van der Waals surface area contributed by atoms with Gasteiger partial charge in [0, 0.05) is 12.8 Å². The molecule has 130 valence electrons. The zero-order valence-electron chi connectivity index (χ0n) is 13.0. The Morgan fingerprint density at radius 3 is 3.08 bits per heavy atom. The van der Waals surface area contributed by atoms with Crippen LogP contribution in [0.2, 0.25) is 4.34 Å². The second-order valence-corrected chi connectivity index (χ2v) is 8.47. The average Bonchev–Trinajstić information content (AvgIpc) is 3.30. The number of thiophene rings is 2. The summed E-state index contributed by atoms with van der Waals surface area (Å²) in [5.74, 6) is -0.214. The van der Waals surface area contributed by atoms with Crippen LogP contribution in [0.15, 0.2) is 23.2 Å². The van der Waals surface area contributed by atoms with E-state index in [-0.39, 0.29) is 24.6 Å². The summed E-state index contributed by atoms with van der Waals surface area (Å²) in [7, 11) is 0. The molecule has 0 aromatic carbocycles. The first kappa shape index (κ1) is 16.6. The maximum Gasteiger partial charge on any atom is 0.415 e. The summed E-state index contributed by atoms with van der Waals surface area (Å²) in [6.07, 6.45) is 2.00. The lowest BCUT2D eigenvalue weighted by Gasteiger charge is -2.10. The minimum atomic E-state index is -0.381. The molecule has 0 unspecified atom stereocenters. The molecule has 4 heterocycles. The van der Waals surface area contributed by atoms with Crippen molar-refractivity contribution in [2.75, 3.05) is 24.5 Å². The Labute approximate surface area is 157 Å². The average molecular weight is 396 g/mol. The van der Waals surface area contributed by atoms with Crippen LogP contribution in [0.1, 0.15) is 20.1 Å². The molecule has 1 N–H and O–H groups in total. The first-order valence-electron chi connectivity index (χ1n) is 7.74. The van der Waals surface area contributed by atoms with Crippen molar-refractivity contribution in [3.05, 3.63) is 37.9 Å². The Balaban J connectivity index is 1.38. The van der Waals surface area contributed by atoms with Crippen molar-refractivity contribution in [2.45, 2.75) is 12.5 Å². The van der Waals surface area contributed by atoms with E-state index in [2.05, 4.69) is 10.3 Å². The van der Waals surface area contributed by atoms with Gasteiger partial charge in [-0.2, -0.15) is 0 Å². The molecule has 0 bridgehead atoms. The Morgan fingerprint density at radius 2 is 2.32 bits per heavy atom. The van der Waals surface area contributed by atoms with E-state index in [0.29, 0.717) is 15.8 Å². The number of hydrogen-bond donors (Lipinski definition) is 1. The summed E-state index contributed by atoms with van der Waals surface area (Å²) < 4.78 is 5.94. The second-order valence-electron chi connectivity index (χ2n) is 5.69. The molecule has 0 saturated carbocycles. The lowest BCUT2D eigenvalue weighted by molar-refractivity contribution is 0.0920. The monoisotopic (exact) mass is 395 g/mol. The lowest BCUT2D eigenvalue weighted by atomic mass is 10.1.